The first-order valence-corrected chi connectivity index (χ1v) is 6.18. The summed E-state index contributed by atoms with van der Waals surface area (Å²) in [5, 5.41) is 13.1. The average Bonchev–Trinajstić information content (AvgIpc) is 2.46. The van der Waals surface area contributed by atoms with Crippen molar-refractivity contribution in [1.29, 1.82) is 0 Å². The van der Waals surface area contributed by atoms with E-state index in [1.165, 1.54) is 6.07 Å². The molecule has 0 aliphatic rings. The molecular weight excluding hydrogens is 252 g/mol. The van der Waals surface area contributed by atoms with Gasteiger partial charge in [-0.15, -0.1) is 0 Å². The lowest BCUT2D eigenvalue weighted by Gasteiger charge is -2.05. The van der Waals surface area contributed by atoms with Crippen molar-refractivity contribution in [2.45, 2.75) is 0 Å². The molecule has 0 aliphatic heterocycles. The Bertz CT molecular complexity index is 812. The third-order valence-corrected chi connectivity index (χ3v) is 3.28. The zero-order valence-electron chi connectivity index (χ0n) is 10.6. The van der Waals surface area contributed by atoms with Crippen LogP contribution in [0.25, 0.3) is 21.9 Å². The number of hydrogen-bond acceptors (Lipinski definition) is 3. The Morgan fingerprint density at radius 3 is 2.45 bits per heavy atom. The fourth-order valence-corrected chi connectivity index (χ4v) is 2.31. The van der Waals surface area contributed by atoms with Crippen molar-refractivity contribution in [1.82, 2.24) is 0 Å². The highest BCUT2D eigenvalue weighted by molar-refractivity contribution is 5.90. The van der Waals surface area contributed by atoms with Crippen molar-refractivity contribution in [3.8, 4) is 11.1 Å². The van der Waals surface area contributed by atoms with Crippen LogP contribution in [0.1, 0.15) is 0 Å². The SMILES string of the molecule is Nc1ccc2ccc(-c3ccccc3[N+](=O)[O-])cc2c1. The molecule has 3 rings (SSSR count). The molecule has 0 fully saturated rings. The number of nitrogen functional groups attached to an aromatic ring is 1. The summed E-state index contributed by atoms with van der Waals surface area (Å²) in [6.07, 6.45) is 0. The first-order chi connectivity index (χ1) is 9.65. The lowest BCUT2D eigenvalue weighted by molar-refractivity contribution is -0.384. The number of para-hydroxylation sites is 1. The van der Waals surface area contributed by atoms with Crippen LogP contribution in [-0.4, -0.2) is 4.92 Å². The van der Waals surface area contributed by atoms with E-state index in [4.69, 9.17) is 5.73 Å². The second-order valence-electron chi connectivity index (χ2n) is 4.60. The Labute approximate surface area is 115 Å². The number of rotatable bonds is 2. The number of nitrogens with two attached hydrogens (primary N) is 1. The normalized spacial score (nSPS) is 10.6. The van der Waals surface area contributed by atoms with Gasteiger partial charge in [0.1, 0.15) is 0 Å². The summed E-state index contributed by atoms with van der Waals surface area (Å²) in [4.78, 5) is 10.7. The number of nitro groups is 1. The first-order valence-electron chi connectivity index (χ1n) is 6.18. The summed E-state index contributed by atoms with van der Waals surface area (Å²) in [7, 11) is 0. The zero-order chi connectivity index (χ0) is 14.1. The Kier molecular flexibility index (Phi) is 2.84. The van der Waals surface area contributed by atoms with E-state index in [1.807, 2.05) is 36.4 Å². The van der Waals surface area contributed by atoms with E-state index >= 15 is 0 Å². The molecule has 0 amide bonds. The number of benzene rings is 3. The number of nitrogens with zero attached hydrogens (tertiary/aromatic N) is 1. The highest BCUT2D eigenvalue weighted by Gasteiger charge is 2.14. The molecule has 4 nitrogen and oxygen atoms in total. The van der Waals surface area contributed by atoms with Crippen LogP contribution >= 0.6 is 0 Å². The molecule has 0 heterocycles. The average molecular weight is 264 g/mol. The van der Waals surface area contributed by atoms with Gasteiger partial charge in [0.15, 0.2) is 0 Å². The summed E-state index contributed by atoms with van der Waals surface area (Å²) in [6.45, 7) is 0. The minimum atomic E-state index is -0.362. The highest BCUT2D eigenvalue weighted by atomic mass is 16.6. The van der Waals surface area contributed by atoms with Gasteiger partial charge in [-0.1, -0.05) is 30.3 Å². The van der Waals surface area contributed by atoms with Crippen LogP contribution in [0, 0.1) is 10.1 Å². The number of fused-ring (bicyclic) bond motifs is 1. The van der Waals surface area contributed by atoms with E-state index < -0.39 is 0 Å². The molecule has 0 unspecified atom stereocenters. The van der Waals surface area contributed by atoms with Crippen LogP contribution in [-0.2, 0) is 0 Å². The maximum absolute atomic E-state index is 11.1. The van der Waals surface area contributed by atoms with E-state index in [0.717, 1.165) is 16.3 Å². The molecular formula is C16H12N2O2. The molecule has 0 spiro atoms. The van der Waals surface area contributed by atoms with Gasteiger partial charge in [0.25, 0.3) is 5.69 Å². The van der Waals surface area contributed by atoms with E-state index in [1.54, 1.807) is 18.2 Å². The third-order valence-electron chi connectivity index (χ3n) is 3.28. The molecule has 0 saturated carbocycles. The molecule has 0 atom stereocenters. The zero-order valence-corrected chi connectivity index (χ0v) is 10.6. The lowest BCUT2D eigenvalue weighted by atomic mass is 10.00. The largest absolute Gasteiger partial charge is 0.399 e. The molecule has 4 heteroatoms. The number of nitro benzene ring substituents is 1. The van der Waals surface area contributed by atoms with Gasteiger partial charge in [-0.2, -0.15) is 0 Å². The van der Waals surface area contributed by atoms with E-state index in [0.29, 0.717) is 11.3 Å². The maximum atomic E-state index is 11.1. The van der Waals surface area contributed by atoms with Crippen LogP contribution in [0.5, 0.6) is 0 Å². The Balaban J connectivity index is 2.22. The monoisotopic (exact) mass is 264 g/mol. The summed E-state index contributed by atoms with van der Waals surface area (Å²) >= 11 is 0. The van der Waals surface area contributed by atoms with Gasteiger partial charge in [-0.3, -0.25) is 10.1 Å². The minimum absolute atomic E-state index is 0.107. The molecule has 0 bridgehead atoms. The fraction of sp³-hybridized carbons (Fsp3) is 0. The summed E-state index contributed by atoms with van der Waals surface area (Å²) in [5.74, 6) is 0. The van der Waals surface area contributed by atoms with E-state index in [2.05, 4.69) is 0 Å². The summed E-state index contributed by atoms with van der Waals surface area (Å²) in [5.41, 5.74) is 8.00. The van der Waals surface area contributed by atoms with Crippen molar-refractivity contribution in [3.63, 3.8) is 0 Å². The number of hydrogen-bond donors (Lipinski definition) is 1. The molecule has 0 aromatic heterocycles. The topological polar surface area (TPSA) is 69.2 Å². The van der Waals surface area contributed by atoms with Crippen molar-refractivity contribution in [2.75, 3.05) is 5.73 Å². The minimum Gasteiger partial charge on any atom is -0.399 e. The number of anilines is 1. The van der Waals surface area contributed by atoms with Gasteiger partial charge in [0, 0.05) is 11.8 Å². The van der Waals surface area contributed by atoms with Gasteiger partial charge in [-0.05, 0) is 40.6 Å². The van der Waals surface area contributed by atoms with Crippen molar-refractivity contribution in [3.05, 3.63) is 70.8 Å². The lowest BCUT2D eigenvalue weighted by Crippen LogP contribution is -1.91. The second-order valence-corrected chi connectivity index (χ2v) is 4.60. The molecule has 98 valence electrons. The smallest absolute Gasteiger partial charge is 0.277 e. The van der Waals surface area contributed by atoms with Gasteiger partial charge in [0.05, 0.1) is 10.5 Å². The standard InChI is InChI=1S/C16H12N2O2/c17-14-8-7-11-5-6-12(9-13(11)10-14)15-3-1-2-4-16(15)18(19)20/h1-10H,17H2. The van der Waals surface area contributed by atoms with E-state index in [-0.39, 0.29) is 10.6 Å². The summed E-state index contributed by atoms with van der Waals surface area (Å²) < 4.78 is 0. The van der Waals surface area contributed by atoms with Crippen molar-refractivity contribution < 1.29 is 4.92 Å². The Morgan fingerprint density at radius 1 is 0.900 bits per heavy atom. The van der Waals surface area contributed by atoms with Crippen molar-refractivity contribution in [2.24, 2.45) is 0 Å². The predicted molar refractivity (Wildman–Crippen MR) is 80.5 cm³/mol. The fourth-order valence-electron chi connectivity index (χ4n) is 2.31. The molecule has 3 aromatic carbocycles. The van der Waals surface area contributed by atoms with Crippen LogP contribution in [0.15, 0.2) is 60.7 Å². The van der Waals surface area contributed by atoms with Crippen LogP contribution in [0.2, 0.25) is 0 Å². The van der Waals surface area contributed by atoms with Crippen LogP contribution < -0.4 is 5.73 Å². The molecule has 0 aliphatic carbocycles. The van der Waals surface area contributed by atoms with E-state index in [9.17, 15) is 10.1 Å². The molecule has 0 saturated heterocycles. The third kappa shape index (κ3) is 2.07. The molecule has 3 aromatic rings. The van der Waals surface area contributed by atoms with Gasteiger partial charge in [-0.25, -0.2) is 0 Å². The first kappa shape index (κ1) is 12.2. The Hall–Kier alpha value is -2.88. The van der Waals surface area contributed by atoms with Gasteiger partial charge in [0.2, 0.25) is 0 Å². The summed E-state index contributed by atoms with van der Waals surface area (Å²) in [6, 6.07) is 18.1. The maximum Gasteiger partial charge on any atom is 0.277 e. The van der Waals surface area contributed by atoms with Crippen LogP contribution in [0.4, 0.5) is 11.4 Å². The highest BCUT2D eigenvalue weighted by Crippen LogP contribution is 2.31. The quantitative estimate of drug-likeness (QED) is 0.432. The Morgan fingerprint density at radius 2 is 1.65 bits per heavy atom. The second kappa shape index (κ2) is 4.66. The molecule has 2 N–H and O–H groups in total. The predicted octanol–water partition coefficient (Wildman–Crippen LogP) is 4.00. The van der Waals surface area contributed by atoms with Crippen LogP contribution in [0.3, 0.4) is 0 Å². The van der Waals surface area contributed by atoms with Gasteiger partial charge >= 0.3 is 0 Å². The molecule has 0 radical (unpaired) electrons. The van der Waals surface area contributed by atoms with Crippen molar-refractivity contribution >= 4 is 22.1 Å². The van der Waals surface area contributed by atoms with Gasteiger partial charge < -0.3 is 5.73 Å². The molecule has 20 heavy (non-hydrogen) atoms.